The average molecular weight is 427 g/mol. The van der Waals surface area contributed by atoms with Crippen molar-refractivity contribution >= 4 is 32.6 Å². The molecule has 0 spiro atoms. The Balaban J connectivity index is 1.38. The van der Waals surface area contributed by atoms with Crippen LogP contribution < -0.4 is 4.90 Å². The van der Waals surface area contributed by atoms with Gasteiger partial charge in [0.05, 0.1) is 23.4 Å². The molecule has 0 aliphatic carbocycles. The summed E-state index contributed by atoms with van der Waals surface area (Å²) in [6.07, 6.45) is 5.77. The summed E-state index contributed by atoms with van der Waals surface area (Å²) >= 11 is 0. The zero-order chi connectivity index (χ0) is 20.9. The van der Waals surface area contributed by atoms with Crippen molar-refractivity contribution in [1.82, 2.24) is 24.0 Å². The van der Waals surface area contributed by atoms with Gasteiger partial charge in [0.15, 0.2) is 0 Å². The topological polar surface area (TPSA) is 91.6 Å². The van der Waals surface area contributed by atoms with Crippen molar-refractivity contribution in [3.8, 4) is 0 Å². The second-order valence-electron chi connectivity index (χ2n) is 7.67. The van der Waals surface area contributed by atoms with E-state index < -0.39 is 10.0 Å². The van der Waals surface area contributed by atoms with Crippen LogP contribution in [0.3, 0.4) is 0 Å². The number of fused-ring (bicyclic) bond motifs is 1. The van der Waals surface area contributed by atoms with E-state index in [2.05, 4.69) is 10.1 Å². The molecule has 30 heavy (non-hydrogen) atoms. The highest BCUT2D eigenvalue weighted by molar-refractivity contribution is 7.89. The Morgan fingerprint density at radius 3 is 2.73 bits per heavy atom. The van der Waals surface area contributed by atoms with Gasteiger partial charge in [-0.15, -0.1) is 0 Å². The maximum atomic E-state index is 13.3. The van der Waals surface area contributed by atoms with Gasteiger partial charge in [-0.1, -0.05) is 18.2 Å². The molecule has 2 amide bonds. The predicted molar refractivity (Wildman–Crippen MR) is 112 cm³/mol. The lowest BCUT2D eigenvalue weighted by Crippen LogP contribution is -2.30. The van der Waals surface area contributed by atoms with Gasteiger partial charge in [0.2, 0.25) is 10.0 Å². The van der Waals surface area contributed by atoms with Gasteiger partial charge >= 0.3 is 6.03 Å². The molecule has 10 heteroatoms. The van der Waals surface area contributed by atoms with Gasteiger partial charge < -0.3 is 4.90 Å². The van der Waals surface area contributed by atoms with E-state index >= 15 is 0 Å². The SMILES string of the molecule is CN1CCN(c2cnn(C3CCN(S(=O)(=O)c4cccc5cccnc45)C3)c2)C1=O. The summed E-state index contributed by atoms with van der Waals surface area (Å²) in [6, 6.07) is 8.74. The number of anilines is 1. The number of para-hydroxylation sites is 1. The molecule has 2 saturated heterocycles. The third-order valence-electron chi connectivity index (χ3n) is 5.83. The summed E-state index contributed by atoms with van der Waals surface area (Å²) in [6.45, 7) is 2.05. The number of amides is 2. The number of likely N-dealkylation sites (N-methyl/N-ethyl adjacent to an activating group) is 1. The minimum Gasteiger partial charge on any atom is -0.326 e. The third-order valence-corrected chi connectivity index (χ3v) is 7.73. The van der Waals surface area contributed by atoms with Crippen molar-refractivity contribution < 1.29 is 13.2 Å². The van der Waals surface area contributed by atoms with E-state index in [1.165, 1.54) is 4.31 Å². The largest absolute Gasteiger partial charge is 0.326 e. The molecule has 4 heterocycles. The number of carbonyl (C=O) groups is 1. The van der Waals surface area contributed by atoms with Gasteiger partial charge in [0, 0.05) is 51.0 Å². The first-order chi connectivity index (χ1) is 14.4. The maximum Gasteiger partial charge on any atom is 0.324 e. The average Bonchev–Trinajstić information content (AvgIpc) is 3.48. The lowest BCUT2D eigenvalue weighted by atomic mass is 10.2. The molecule has 2 aliphatic rings. The summed E-state index contributed by atoms with van der Waals surface area (Å²) in [4.78, 5) is 20.1. The fourth-order valence-corrected chi connectivity index (χ4v) is 5.78. The molecule has 1 atom stereocenters. The summed E-state index contributed by atoms with van der Waals surface area (Å²) in [5, 5.41) is 5.21. The Labute approximate surface area is 174 Å². The van der Waals surface area contributed by atoms with Crippen LogP contribution in [0.4, 0.5) is 10.5 Å². The van der Waals surface area contributed by atoms with Crippen LogP contribution in [0.25, 0.3) is 10.9 Å². The first-order valence-corrected chi connectivity index (χ1v) is 11.3. The van der Waals surface area contributed by atoms with Gasteiger partial charge in [0.25, 0.3) is 0 Å². The highest BCUT2D eigenvalue weighted by atomic mass is 32.2. The van der Waals surface area contributed by atoms with Gasteiger partial charge in [-0.05, 0) is 18.6 Å². The number of urea groups is 1. The van der Waals surface area contributed by atoms with E-state index in [-0.39, 0.29) is 17.0 Å². The van der Waals surface area contributed by atoms with Crippen molar-refractivity contribution in [2.75, 3.05) is 38.1 Å². The zero-order valence-electron chi connectivity index (χ0n) is 16.5. The summed E-state index contributed by atoms with van der Waals surface area (Å²) in [5.41, 5.74) is 1.23. The van der Waals surface area contributed by atoms with E-state index in [1.807, 2.05) is 18.3 Å². The van der Waals surface area contributed by atoms with Crippen molar-refractivity contribution in [3.05, 3.63) is 48.9 Å². The molecule has 2 aromatic heterocycles. The van der Waals surface area contributed by atoms with Crippen molar-refractivity contribution in [2.45, 2.75) is 17.4 Å². The van der Waals surface area contributed by atoms with E-state index in [9.17, 15) is 13.2 Å². The lowest BCUT2D eigenvalue weighted by molar-refractivity contribution is 0.229. The fraction of sp³-hybridized carbons (Fsp3) is 0.350. The molecule has 9 nitrogen and oxygen atoms in total. The van der Waals surface area contributed by atoms with Crippen LogP contribution >= 0.6 is 0 Å². The second-order valence-corrected chi connectivity index (χ2v) is 9.58. The predicted octanol–water partition coefficient (Wildman–Crippen LogP) is 1.94. The molecule has 0 saturated carbocycles. The van der Waals surface area contributed by atoms with Gasteiger partial charge in [-0.3, -0.25) is 14.6 Å². The summed E-state index contributed by atoms with van der Waals surface area (Å²) < 4.78 is 29.9. The summed E-state index contributed by atoms with van der Waals surface area (Å²) in [7, 11) is -1.90. The molecule has 1 unspecified atom stereocenters. The fourth-order valence-electron chi connectivity index (χ4n) is 4.12. The second kappa shape index (κ2) is 7.06. The van der Waals surface area contributed by atoms with Crippen LogP contribution in [0.5, 0.6) is 0 Å². The van der Waals surface area contributed by atoms with Crippen LogP contribution in [0.1, 0.15) is 12.5 Å². The van der Waals surface area contributed by atoms with Crippen LogP contribution in [-0.4, -0.2) is 71.6 Å². The minimum absolute atomic E-state index is 0.0476. The van der Waals surface area contributed by atoms with E-state index in [0.717, 1.165) is 11.1 Å². The number of hydrogen-bond donors (Lipinski definition) is 0. The molecule has 156 valence electrons. The highest BCUT2D eigenvalue weighted by Gasteiger charge is 2.35. The Morgan fingerprint density at radius 2 is 1.93 bits per heavy atom. The lowest BCUT2D eigenvalue weighted by Gasteiger charge is -2.18. The Kier molecular flexibility index (Phi) is 4.48. The smallest absolute Gasteiger partial charge is 0.324 e. The van der Waals surface area contributed by atoms with E-state index in [4.69, 9.17) is 0 Å². The molecule has 2 fully saturated rings. The number of rotatable bonds is 4. The standard InChI is InChI=1S/C20H22N6O3S/c1-23-10-11-25(20(23)27)17-12-22-26(14-17)16-7-9-24(13-16)30(28,29)18-6-2-4-15-5-3-8-21-19(15)18/h2-6,8,12,14,16H,7,9-11,13H2,1H3. The number of carbonyl (C=O) groups excluding carboxylic acids is 1. The number of nitrogens with zero attached hydrogens (tertiary/aromatic N) is 6. The number of sulfonamides is 1. The van der Waals surface area contributed by atoms with Crippen molar-refractivity contribution in [2.24, 2.45) is 0 Å². The molecular formula is C20H22N6O3S. The van der Waals surface area contributed by atoms with E-state index in [0.29, 0.717) is 38.1 Å². The highest BCUT2D eigenvalue weighted by Crippen LogP contribution is 2.31. The number of benzene rings is 1. The first-order valence-electron chi connectivity index (χ1n) is 9.86. The molecule has 2 aliphatic heterocycles. The Morgan fingerprint density at radius 1 is 1.10 bits per heavy atom. The maximum absolute atomic E-state index is 13.3. The van der Waals surface area contributed by atoms with Crippen LogP contribution in [0, 0.1) is 0 Å². The number of pyridine rings is 1. The normalized spacial score (nSPS) is 20.6. The molecule has 0 bridgehead atoms. The molecule has 1 aromatic carbocycles. The first kappa shape index (κ1) is 19.0. The summed E-state index contributed by atoms with van der Waals surface area (Å²) in [5.74, 6) is 0. The minimum atomic E-state index is -3.67. The molecule has 3 aromatic rings. The van der Waals surface area contributed by atoms with Crippen LogP contribution in [0.2, 0.25) is 0 Å². The van der Waals surface area contributed by atoms with Gasteiger partial charge in [0.1, 0.15) is 4.90 Å². The molecule has 0 N–H and O–H groups in total. The van der Waals surface area contributed by atoms with Gasteiger partial charge in [-0.25, -0.2) is 13.2 Å². The Bertz CT molecular complexity index is 1220. The number of hydrogen-bond acceptors (Lipinski definition) is 5. The zero-order valence-corrected chi connectivity index (χ0v) is 17.4. The Hall–Kier alpha value is -2.98. The van der Waals surface area contributed by atoms with Gasteiger partial charge in [-0.2, -0.15) is 9.40 Å². The quantitative estimate of drug-likeness (QED) is 0.636. The van der Waals surface area contributed by atoms with Crippen molar-refractivity contribution in [1.29, 1.82) is 0 Å². The van der Waals surface area contributed by atoms with Crippen molar-refractivity contribution in [3.63, 3.8) is 0 Å². The molecular weight excluding hydrogens is 404 g/mol. The monoisotopic (exact) mass is 426 g/mol. The van der Waals surface area contributed by atoms with Crippen LogP contribution in [0.15, 0.2) is 53.8 Å². The third kappa shape index (κ3) is 3.03. The number of aromatic nitrogens is 3. The molecule has 5 rings (SSSR count). The van der Waals surface area contributed by atoms with E-state index in [1.54, 1.807) is 52.1 Å². The van der Waals surface area contributed by atoms with Crippen LogP contribution in [-0.2, 0) is 10.0 Å². The molecule has 0 radical (unpaired) electrons.